The van der Waals surface area contributed by atoms with Gasteiger partial charge >= 0.3 is 0 Å². The first kappa shape index (κ1) is 13.1. The van der Waals surface area contributed by atoms with Gasteiger partial charge in [-0.3, -0.25) is 9.59 Å². The number of benzene rings is 1. The lowest BCUT2D eigenvalue weighted by atomic mass is 10.1. The molecule has 1 unspecified atom stereocenters. The topological polar surface area (TPSA) is 49.4 Å². The summed E-state index contributed by atoms with van der Waals surface area (Å²) in [4.78, 5) is 25.4. The van der Waals surface area contributed by atoms with Crippen LogP contribution in [0.5, 0.6) is 0 Å². The molecule has 1 heterocycles. The predicted octanol–water partition coefficient (Wildman–Crippen LogP) is 2.00. The predicted molar refractivity (Wildman–Crippen MR) is 73.5 cm³/mol. The zero-order valence-corrected chi connectivity index (χ0v) is 12.0. The van der Waals surface area contributed by atoms with Crippen LogP contribution < -0.4 is 10.2 Å². The number of anilines is 1. The SMILES string of the molecule is CCC1NC(=O)CN(c2ccc(C)cc2Br)C1=O. The number of rotatable bonds is 2. The Hall–Kier alpha value is -1.36. The molecule has 18 heavy (non-hydrogen) atoms. The molecule has 1 saturated heterocycles. The van der Waals surface area contributed by atoms with Crippen LogP contribution in [-0.4, -0.2) is 24.4 Å². The van der Waals surface area contributed by atoms with Gasteiger partial charge in [-0.1, -0.05) is 13.0 Å². The van der Waals surface area contributed by atoms with E-state index in [1.54, 1.807) is 0 Å². The van der Waals surface area contributed by atoms with E-state index >= 15 is 0 Å². The van der Waals surface area contributed by atoms with Gasteiger partial charge in [0.2, 0.25) is 11.8 Å². The number of aryl methyl sites for hydroxylation is 1. The second-order valence-corrected chi connectivity index (χ2v) is 5.26. The van der Waals surface area contributed by atoms with Gasteiger partial charge in [0.05, 0.1) is 5.69 Å². The molecule has 1 aliphatic rings. The third-order valence-electron chi connectivity index (χ3n) is 3.00. The van der Waals surface area contributed by atoms with E-state index in [4.69, 9.17) is 0 Å². The molecule has 0 aromatic heterocycles. The van der Waals surface area contributed by atoms with Gasteiger partial charge in [-0.2, -0.15) is 0 Å². The van der Waals surface area contributed by atoms with Crippen LogP contribution in [0.3, 0.4) is 0 Å². The first-order valence-electron chi connectivity index (χ1n) is 5.89. The summed E-state index contributed by atoms with van der Waals surface area (Å²) >= 11 is 3.45. The Kier molecular flexibility index (Phi) is 3.71. The number of halogens is 1. The fourth-order valence-electron chi connectivity index (χ4n) is 2.02. The molecule has 0 radical (unpaired) electrons. The van der Waals surface area contributed by atoms with Crippen molar-refractivity contribution in [2.75, 3.05) is 11.4 Å². The molecular formula is C13H15BrN2O2. The summed E-state index contributed by atoms with van der Waals surface area (Å²) in [7, 11) is 0. The molecule has 2 amide bonds. The van der Waals surface area contributed by atoms with E-state index in [2.05, 4.69) is 21.2 Å². The lowest BCUT2D eigenvalue weighted by Gasteiger charge is -2.32. The third kappa shape index (κ3) is 2.41. The molecule has 4 nitrogen and oxygen atoms in total. The highest BCUT2D eigenvalue weighted by Gasteiger charge is 2.32. The van der Waals surface area contributed by atoms with Crippen molar-refractivity contribution in [1.82, 2.24) is 5.32 Å². The Morgan fingerprint density at radius 2 is 2.17 bits per heavy atom. The van der Waals surface area contributed by atoms with Crippen LogP contribution in [-0.2, 0) is 9.59 Å². The molecule has 1 N–H and O–H groups in total. The molecule has 0 aliphatic carbocycles. The number of hydrogen-bond donors (Lipinski definition) is 1. The number of carbonyl (C=O) groups is 2. The summed E-state index contributed by atoms with van der Waals surface area (Å²) < 4.78 is 0.834. The van der Waals surface area contributed by atoms with Crippen LogP contribution in [0.2, 0.25) is 0 Å². The van der Waals surface area contributed by atoms with Crippen LogP contribution in [0.1, 0.15) is 18.9 Å². The fraction of sp³-hybridized carbons (Fsp3) is 0.385. The molecule has 0 bridgehead atoms. The Morgan fingerprint density at radius 1 is 1.44 bits per heavy atom. The van der Waals surface area contributed by atoms with Crippen molar-refractivity contribution >= 4 is 33.4 Å². The summed E-state index contributed by atoms with van der Waals surface area (Å²) in [5.74, 6) is -0.171. The van der Waals surface area contributed by atoms with Gasteiger partial charge in [0, 0.05) is 4.47 Å². The summed E-state index contributed by atoms with van der Waals surface area (Å²) in [6.45, 7) is 3.95. The first-order chi connectivity index (χ1) is 8.52. The summed E-state index contributed by atoms with van der Waals surface area (Å²) in [5.41, 5.74) is 1.85. The van der Waals surface area contributed by atoms with Gasteiger partial charge < -0.3 is 10.2 Å². The maximum absolute atomic E-state index is 12.2. The normalized spacial score (nSPS) is 19.9. The van der Waals surface area contributed by atoms with Gasteiger partial charge in [0.1, 0.15) is 12.6 Å². The van der Waals surface area contributed by atoms with E-state index < -0.39 is 6.04 Å². The van der Waals surface area contributed by atoms with Crippen LogP contribution >= 0.6 is 15.9 Å². The number of nitrogens with zero attached hydrogens (tertiary/aromatic N) is 1. The molecule has 1 aromatic rings. The van der Waals surface area contributed by atoms with Gasteiger partial charge in [-0.15, -0.1) is 0 Å². The molecular weight excluding hydrogens is 296 g/mol. The summed E-state index contributed by atoms with van der Waals surface area (Å²) in [6, 6.07) is 5.32. The second-order valence-electron chi connectivity index (χ2n) is 4.41. The van der Waals surface area contributed by atoms with Crippen LogP contribution in [0.15, 0.2) is 22.7 Å². The molecule has 1 aliphatic heterocycles. The maximum Gasteiger partial charge on any atom is 0.250 e. The molecule has 96 valence electrons. The highest BCUT2D eigenvalue weighted by molar-refractivity contribution is 9.10. The molecule has 5 heteroatoms. The number of hydrogen-bond acceptors (Lipinski definition) is 2. The van der Waals surface area contributed by atoms with E-state index in [1.807, 2.05) is 32.0 Å². The van der Waals surface area contributed by atoms with Gasteiger partial charge in [0.15, 0.2) is 0 Å². The third-order valence-corrected chi connectivity index (χ3v) is 3.64. The highest BCUT2D eigenvalue weighted by Crippen LogP contribution is 2.28. The van der Waals surface area contributed by atoms with Gasteiger partial charge in [-0.25, -0.2) is 0 Å². The van der Waals surface area contributed by atoms with Gasteiger partial charge in [0.25, 0.3) is 0 Å². The van der Waals surface area contributed by atoms with Crippen molar-refractivity contribution in [1.29, 1.82) is 0 Å². The van der Waals surface area contributed by atoms with Crippen molar-refractivity contribution in [3.8, 4) is 0 Å². The lowest BCUT2D eigenvalue weighted by molar-refractivity contribution is -0.131. The highest BCUT2D eigenvalue weighted by atomic mass is 79.9. The Bertz CT molecular complexity index is 502. The number of amides is 2. The van der Waals surface area contributed by atoms with Crippen molar-refractivity contribution < 1.29 is 9.59 Å². The minimum absolute atomic E-state index is 0.0540. The largest absolute Gasteiger partial charge is 0.343 e. The molecule has 1 atom stereocenters. The fourth-order valence-corrected chi connectivity index (χ4v) is 2.73. The minimum Gasteiger partial charge on any atom is -0.343 e. The first-order valence-corrected chi connectivity index (χ1v) is 6.69. The average molecular weight is 311 g/mol. The van der Waals surface area contributed by atoms with Crippen molar-refractivity contribution in [2.45, 2.75) is 26.3 Å². The van der Waals surface area contributed by atoms with E-state index in [0.717, 1.165) is 15.7 Å². The number of carbonyl (C=O) groups excluding carboxylic acids is 2. The second kappa shape index (κ2) is 5.10. The average Bonchev–Trinajstić information content (AvgIpc) is 2.32. The van der Waals surface area contributed by atoms with E-state index in [9.17, 15) is 9.59 Å². The van der Waals surface area contributed by atoms with Crippen molar-refractivity contribution in [2.24, 2.45) is 0 Å². The summed E-state index contributed by atoms with van der Waals surface area (Å²) in [6.07, 6.45) is 0.602. The molecule has 0 spiro atoms. The molecule has 1 aromatic carbocycles. The van der Waals surface area contributed by atoms with Crippen LogP contribution in [0, 0.1) is 6.92 Å². The van der Waals surface area contributed by atoms with E-state index in [1.165, 1.54) is 4.90 Å². The monoisotopic (exact) mass is 310 g/mol. The van der Waals surface area contributed by atoms with Gasteiger partial charge in [-0.05, 0) is 47.0 Å². The number of nitrogens with one attached hydrogen (secondary N) is 1. The quantitative estimate of drug-likeness (QED) is 0.908. The Morgan fingerprint density at radius 3 is 2.78 bits per heavy atom. The lowest BCUT2D eigenvalue weighted by Crippen LogP contribution is -2.58. The van der Waals surface area contributed by atoms with E-state index in [-0.39, 0.29) is 18.4 Å². The van der Waals surface area contributed by atoms with E-state index in [0.29, 0.717) is 6.42 Å². The molecule has 1 fully saturated rings. The Labute approximate surface area is 114 Å². The smallest absolute Gasteiger partial charge is 0.250 e. The zero-order valence-electron chi connectivity index (χ0n) is 10.4. The minimum atomic E-state index is -0.417. The molecule has 2 rings (SSSR count). The van der Waals surface area contributed by atoms with Crippen molar-refractivity contribution in [3.63, 3.8) is 0 Å². The summed E-state index contributed by atoms with van der Waals surface area (Å²) in [5, 5.41) is 2.70. The van der Waals surface area contributed by atoms with Crippen molar-refractivity contribution in [3.05, 3.63) is 28.2 Å². The Balaban J connectivity index is 2.36. The van der Waals surface area contributed by atoms with Crippen LogP contribution in [0.25, 0.3) is 0 Å². The standard InChI is InChI=1S/C13H15BrN2O2/c1-3-10-13(18)16(7-12(17)15-10)11-5-4-8(2)6-9(11)14/h4-6,10H,3,7H2,1-2H3,(H,15,17). The number of piperazine rings is 1. The maximum atomic E-state index is 12.2. The molecule has 0 saturated carbocycles. The zero-order chi connectivity index (χ0) is 13.3. The van der Waals surface area contributed by atoms with Crippen LogP contribution in [0.4, 0.5) is 5.69 Å².